The lowest BCUT2D eigenvalue weighted by atomic mass is 10.0. The first-order valence-corrected chi connectivity index (χ1v) is 14.1. The fourth-order valence-electron chi connectivity index (χ4n) is 4.61. The first-order chi connectivity index (χ1) is 21.3. The van der Waals surface area contributed by atoms with Crippen molar-refractivity contribution in [2.75, 3.05) is 0 Å². The Labute approximate surface area is 257 Å². The van der Waals surface area contributed by atoms with Crippen molar-refractivity contribution in [1.29, 1.82) is 0 Å². The van der Waals surface area contributed by atoms with Crippen LogP contribution in [0, 0.1) is 0 Å². The van der Waals surface area contributed by atoms with Crippen LogP contribution in [0.1, 0.15) is 36.8 Å². The lowest BCUT2D eigenvalue weighted by Crippen LogP contribution is -2.57. The van der Waals surface area contributed by atoms with Crippen LogP contribution in [0.5, 0.6) is 5.75 Å². The molecule has 3 aromatic rings. The fraction of sp³-hybridized carbons (Fsp3) is 0.333. The number of nitrogens with one attached hydrogen (secondary N) is 4. The van der Waals surface area contributed by atoms with Crippen molar-refractivity contribution in [3.8, 4) is 5.75 Å². The second-order valence-corrected chi connectivity index (χ2v) is 10.5. The summed E-state index contributed by atoms with van der Waals surface area (Å²) in [5.74, 6) is -6.01. The maximum Gasteiger partial charge on any atom is 0.326 e. The number of amides is 4. The molecule has 0 saturated heterocycles. The van der Waals surface area contributed by atoms with Gasteiger partial charge in [-0.25, -0.2) is 4.79 Å². The molecule has 11 N–H and O–H groups in total. The Morgan fingerprint density at radius 3 is 2.00 bits per heavy atom. The van der Waals surface area contributed by atoms with Gasteiger partial charge < -0.3 is 47.7 Å². The minimum absolute atomic E-state index is 0.0382. The third-order valence-electron chi connectivity index (χ3n) is 7.03. The first kappa shape index (κ1) is 34.1. The van der Waals surface area contributed by atoms with E-state index in [1.54, 1.807) is 24.4 Å². The number of carbonyl (C=O) groups is 6. The summed E-state index contributed by atoms with van der Waals surface area (Å²) >= 11 is 0. The highest BCUT2D eigenvalue weighted by molar-refractivity contribution is 5.95. The number of primary amides is 1. The zero-order valence-electron chi connectivity index (χ0n) is 24.2. The molecule has 0 aliphatic rings. The Kier molecular flexibility index (Phi) is 12.0. The molecule has 1 heterocycles. The van der Waals surface area contributed by atoms with Gasteiger partial charge in [-0.05, 0) is 48.6 Å². The van der Waals surface area contributed by atoms with E-state index in [0.717, 1.165) is 10.9 Å². The average molecular weight is 625 g/mol. The standard InChI is InChI=1S/C30H36N6O9/c31-20(13-16-5-7-18(37)8-6-16)27(41)36-24(14-17-15-33-21-4-2-1-3-19(17)21)29(43)34-22(10-12-26(39)40)28(42)35-23(30(44)45)9-11-25(32)38/h1-8,15,20,22-24,33,37H,9-14,31H2,(H2,32,38)(H,34,43)(H,35,42)(H,36,41)(H,39,40)(H,44,45). The summed E-state index contributed by atoms with van der Waals surface area (Å²) in [5.41, 5.74) is 13.3. The number of aliphatic carboxylic acids is 2. The number of aromatic nitrogens is 1. The van der Waals surface area contributed by atoms with Crippen LogP contribution in [0.15, 0.2) is 54.7 Å². The molecule has 4 unspecified atom stereocenters. The zero-order chi connectivity index (χ0) is 33.1. The Hall–Kier alpha value is -5.44. The molecule has 240 valence electrons. The van der Waals surface area contributed by atoms with E-state index in [0.29, 0.717) is 11.1 Å². The van der Waals surface area contributed by atoms with Crippen molar-refractivity contribution < 1.29 is 44.1 Å². The quantitative estimate of drug-likeness (QED) is 0.0942. The Balaban J connectivity index is 1.84. The number of carboxylic acids is 2. The Bertz CT molecular complexity index is 1540. The van der Waals surface area contributed by atoms with Gasteiger partial charge in [0.1, 0.15) is 23.9 Å². The molecule has 1 aromatic heterocycles. The number of rotatable bonds is 17. The van der Waals surface area contributed by atoms with Crippen molar-refractivity contribution in [3.63, 3.8) is 0 Å². The van der Waals surface area contributed by atoms with Crippen LogP contribution in [0.25, 0.3) is 10.9 Å². The maximum atomic E-state index is 13.6. The molecule has 0 bridgehead atoms. The van der Waals surface area contributed by atoms with E-state index in [4.69, 9.17) is 11.5 Å². The van der Waals surface area contributed by atoms with Crippen molar-refractivity contribution in [1.82, 2.24) is 20.9 Å². The third-order valence-corrected chi connectivity index (χ3v) is 7.03. The van der Waals surface area contributed by atoms with Gasteiger partial charge in [0.2, 0.25) is 23.6 Å². The number of H-pyrrole nitrogens is 1. The molecular weight excluding hydrogens is 588 g/mol. The largest absolute Gasteiger partial charge is 0.508 e. The van der Waals surface area contributed by atoms with Gasteiger partial charge in [-0.3, -0.25) is 24.0 Å². The minimum Gasteiger partial charge on any atom is -0.508 e. The second kappa shape index (κ2) is 15.9. The number of phenolic OH excluding ortho intramolecular Hbond substituents is 1. The lowest BCUT2D eigenvalue weighted by molar-refractivity contribution is -0.143. The summed E-state index contributed by atoms with van der Waals surface area (Å²) in [5, 5.41) is 36.3. The average Bonchev–Trinajstić information content (AvgIpc) is 3.40. The number of aromatic amines is 1. The molecule has 0 spiro atoms. The van der Waals surface area contributed by atoms with Gasteiger partial charge in [0, 0.05) is 36.4 Å². The monoisotopic (exact) mass is 624 g/mol. The summed E-state index contributed by atoms with van der Waals surface area (Å²) in [4.78, 5) is 77.1. The molecule has 15 heteroatoms. The highest BCUT2D eigenvalue weighted by Gasteiger charge is 2.31. The van der Waals surface area contributed by atoms with E-state index >= 15 is 0 Å². The van der Waals surface area contributed by atoms with Crippen LogP contribution in [0.2, 0.25) is 0 Å². The predicted molar refractivity (Wildman–Crippen MR) is 161 cm³/mol. The van der Waals surface area contributed by atoms with E-state index in [-0.39, 0.29) is 31.4 Å². The molecule has 0 aliphatic carbocycles. The fourth-order valence-corrected chi connectivity index (χ4v) is 4.61. The summed E-state index contributed by atoms with van der Waals surface area (Å²) in [7, 11) is 0. The number of aromatic hydroxyl groups is 1. The number of hydrogen-bond donors (Lipinski definition) is 9. The SMILES string of the molecule is NC(=O)CCC(NC(=O)C(CCC(=O)O)NC(=O)C(Cc1c[nH]c2ccccc12)NC(=O)C(N)Cc1ccc(O)cc1)C(=O)O. The normalized spacial score (nSPS) is 13.6. The van der Waals surface area contributed by atoms with E-state index in [9.17, 15) is 44.1 Å². The van der Waals surface area contributed by atoms with Gasteiger partial charge in [0.25, 0.3) is 0 Å². The van der Waals surface area contributed by atoms with Gasteiger partial charge in [-0.2, -0.15) is 0 Å². The predicted octanol–water partition coefficient (Wildman–Crippen LogP) is -0.345. The highest BCUT2D eigenvalue weighted by Crippen LogP contribution is 2.20. The summed E-state index contributed by atoms with van der Waals surface area (Å²) in [6, 6.07) is 7.91. The molecule has 4 atom stereocenters. The molecule has 0 aliphatic heterocycles. The number of carboxylic acid groups (broad SMARTS) is 2. The number of nitrogens with two attached hydrogens (primary N) is 2. The molecule has 45 heavy (non-hydrogen) atoms. The number of benzene rings is 2. The van der Waals surface area contributed by atoms with Crippen molar-refractivity contribution >= 4 is 46.5 Å². The molecule has 15 nitrogen and oxygen atoms in total. The highest BCUT2D eigenvalue weighted by atomic mass is 16.4. The van der Waals surface area contributed by atoms with E-state index in [2.05, 4.69) is 20.9 Å². The van der Waals surface area contributed by atoms with Crippen LogP contribution in [0.4, 0.5) is 0 Å². The molecular formula is C30H36N6O9. The molecule has 4 amide bonds. The van der Waals surface area contributed by atoms with Gasteiger partial charge >= 0.3 is 11.9 Å². The van der Waals surface area contributed by atoms with E-state index < -0.39 is 72.6 Å². The first-order valence-electron chi connectivity index (χ1n) is 14.1. The topological polar surface area (TPSA) is 267 Å². The van der Waals surface area contributed by atoms with Crippen LogP contribution >= 0.6 is 0 Å². The molecule has 3 rings (SSSR count). The molecule has 2 aromatic carbocycles. The molecule has 0 saturated carbocycles. The molecule has 0 radical (unpaired) electrons. The maximum absolute atomic E-state index is 13.6. The van der Waals surface area contributed by atoms with Crippen LogP contribution < -0.4 is 27.4 Å². The van der Waals surface area contributed by atoms with E-state index in [1.165, 1.54) is 12.1 Å². The van der Waals surface area contributed by atoms with Gasteiger partial charge in [-0.1, -0.05) is 30.3 Å². The summed E-state index contributed by atoms with van der Waals surface area (Å²) in [6.45, 7) is 0. The van der Waals surface area contributed by atoms with Crippen LogP contribution in [-0.2, 0) is 41.6 Å². The number of fused-ring (bicyclic) bond motifs is 1. The second-order valence-electron chi connectivity index (χ2n) is 10.5. The van der Waals surface area contributed by atoms with Crippen LogP contribution in [-0.4, -0.2) is 80.0 Å². The van der Waals surface area contributed by atoms with Gasteiger partial charge in [0.05, 0.1) is 6.04 Å². The van der Waals surface area contributed by atoms with E-state index in [1.807, 2.05) is 18.2 Å². The summed E-state index contributed by atoms with van der Waals surface area (Å²) < 4.78 is 0. The summed E-state index contributed by atoms with van der Waals surface area (Å²) in [6.07, 6.45) is 0.0900. The number of phenols is 1. The number of para-hydroxylation sites is 1. The minimum atomic E-state index is -1.53. The Morgan fingerprint density at radius 2 is 1.36 bits per heavy atom. The third kappa shape index (κ3) is 10.4. The smallest absolute Gasteiger partial charge is 0.326 e. The lowest BCUT2D eigenvalue weighted by Gasteiger charge is -2.25. The van der Waals surface area contributed by atoms with Crippen molar-refractivity contribution in [2.24, 2.45) is 11.5 Å². The zero-order valence-corrected chi connectivity index (χ0v) is 24.2. The van der Waals surface area contributed by atoms with Crippen molar-refractivity contribution in [2.45, 2.75) is 62.7 Å². The van der Waals surface area contributed by atoms with Gasteiger partial charge in [0.15, 0.2) is 0 Å². The Morgan fingerprint density at radius 1 is 0.756 bits per heavy atom. The molecule has 0 fully saturated rings. The van der Waals surface area contributed by atoms with Crippen LogP contribution in [0.3, 0.4) is 0 Å². The number of carbonyl (C=O) groups excluding carboxylic acids is 4. The number of hydrogen-bond acceptors (Lipinski definition) is 8. The van der Waals surface area contributed by atoms with Crippen molar-refractivity contribution in [3.05, 3.63) is 65.9 Å². The van der Waals surface area contributed by atoms with Gasteiger partial charge in [-0.15, -0.1) is 0 Å².